The molecule has 0 unspecified atom stereocenters. The van der Waals surface area contributed by atoms with Crippen molar-refractivity contribution in [3.8, 4) is 0 Å². The van der Waals surface area contributed by atoms with Gasteiger partial charge in [-0.05, 0) is 12.8 Å². The number of nitrogens with one attached hydrogen (secondary N) is 1. The molecular weight excluding hydrogens is 152 g/mol. The first kappa shape index (κ1) is 9.52. The summed E-state index contributed by atoms with van der Waals surface area (Å²) in [6.07, 6.45) is 3.35. The van der Waals surface area contributed by atoms with E-state index < -0.39 is 0 Å². The lowest BCUT2D eigenvalue weighted by Crippen LogP contribution is -2.34. The molecule has 0 saturated heterocycles. The van der Waals surface area contributed by atoms with E-state index in [-0.39, 0.29) is 0 Å². The molecule has 0 aromatic heterocycles. The van der Waals surface area contributed by atoms with E-state index in [1.54, 1.807) is 7.11 Å². The summed E-state index contributed by atoms with van der Waals surface area (Å²) >= 11 is 0. The highest BCUT2D eigenvalue weighted by Gasteiger charge is 2.29. The highest BCUT2D eigenvalue weighted by Crippen LogP contribution is 2.27. The number of hydrogen-bond donors (Lipinski definition) is 1. The van der Waals surface area contributed by atoms with Gasteiger partial charge in [0.25, 0.3) is 0 Å². The largest absolute Gasteiger partial charge is 0.383 e. The summed E-state index contributed by atoms with van der Waals surface area (Å²) < 4.78 is 5.01. The molecule has 1 N–H and O–H groups in total. The summed E-state index contributed by atoms with van der Waals surface area (Å²) in [7, 11) is 1.71. The molecule has 0 heterocycles. The second-order valence-electron chi connectivity index (χ2n) is 3.22. The van der Waals surface area contributed by atoms with Crippen molar-refractivity contribution < 1.29 is 4.74 Å². The first-order valence-corrected chi connectivity index (χ1v) is 4.62. The highest BCUT2D eigenvalue weighted by molar-refractivity contribution is 5.79. The topological polar surface area (TPSA) is 36.3 Å². The number of rotatable bonds is 5. The van der Waals surface area contributed by atoms with Crippen LogP contribution >= 0.6 is 0 Å². The molecule has 0 aromatic carbocycles. The van der Waals surface area contributed by atoms with Crippen molar-refractivity contribution in [2.24, 2.45) is 0 Å². The van der Waals surface area contributed by atoms with Crippen LogP contribution in [0.1, 0.15) is 26.2 Å². The van der Waals surface area contributed by atoms with Crippen LogP contribution in [0.4, 0.5) is 0 Å². The molecule has 3 nitrogen and oxygen atoms in total. The normalized spacial score (nSPS) is 16.2. The fourth-order valence-electron chi connectivity index (χ4n) is 1.32. The van der Waals surface area contributed by atoms with Crippen molar-refractivity contribution in [3.05, 3.63) is 0 Å². The lowest BCUT2D eigenvalue weighted by molar-refractivity contribution is 0.173. The van der Waals surface area contributed by atoms with E-state index in [0.717, 1.165) is 25.4 Å². The van der Waals surface area contributed by atoms with Crippen LogP contribution in [0.2, 0.25) is 0 Å². The van der Waals surface area contributed by atoms with E-state index in [2.05, 4.69) is 4.90 Å². The van der Waals surface area contributed by atoms with Gasteiger partial charge >= 0.3 is 0 Å². The average Bonchev–Trinajstić information content (AvgIpc) is 2.88. The van der Waals surface area contributed by atoms with E-state index in [1.807, 2.05) is 6.92 Å². The van der Waals surface area contributed by atoms with E-state index in [4.69, 9.17) is 10.1 Å². The van der Waals surface area contributed by atoms with Gasteiger partial charge in [-0.25, -0.2) is 0 Å². The Hall–Kier alpha value is -0.570. The van der Waals surface area contributed by atoms with Crippen molar-refractivity contribution in [1.82, 2.24) is 4.90 Å². The van der Waals surface area contributed by atoms with Gasteiger partial charge in [0.1, 0.15) is 0 Å². The third-order valence-corrected chi connectivity index (χ3v) is 2.21. The van der Waals surface area contributed by atoms with Crippen molar-refractivity contribution in [2.75, 3.05) is 20.3 Å². The van der Waals surface area contributed by atoms with E-state index >= 15 is 0 Å². The van der Waals surface area contributed by atoms with Crippen molar-refractivity contribution in [1.29, 1.82) is 5.41 Å². The molecule has 0 atom stereocenters. The Morgan fingerprint density at radius 3 is 2.67 bits per heavy atom. The van der Waals surface area contributed by atoms with Gasteiger partial charge in [-0.3, -0.25) is 5.41 Å². The Balaban J connectivity index is 2.32. The number of hydrogen-bond acceptors (Lipinski definition) is 2. The molecule has 70 valence electrons. The van der Waals surface area contributed by atoms with Gasteiger partial charge in [0, 0.05) is 26.1 Å². The van der Waals surface area contributed by atoms with Crippen LogP contribution in [0.5, 0.6) is 0 Å². The molecule has 0 radical (unpaired) electrons. The van der Waals surface area contributed by atoms with E-state index in [0.29, 0.717) is 6.04 Å². The van der Waals surface area contributed by atoms with Gasteiger partial charge in [0.05, 0.1) is 12.4 Å². The molecule has 0 spiro atoms. The average molecular weight is 170 g/mol. The van der Waals surface area contributed by atoms with Crippen molar-refractivity contribution >= 4 is 5.84 Å². The van der Waals surface area contributed by atoms with Crippen molar-refractivity contribution in [2.45, 2.75) is 32.2 Å². The smallest absolute Gasteiger partial charge is 0.0958 e. The van der Waals surface area contributed by atoms with Crippen LogP contribution in [0.15, 0.2) is 0 Å². The predicted octanol–water partition coefficient (Wildman–Crippen LogP) is 1.48. The maximum absolute atomic E-state index is 7.71. The Kier molecular flexibility index (Phi) is 3.53. The van der Waals surface area contributed by atoms with Gasteiger partial charge < -0.3 is 9.64 Å². The third-order valence-electron chi connectivity index (χ3n) is 2.21. The molecule has 1 saturated carbocycles. The highest BCUT2D eigenvalue weighted by atomic mass is 16.5. The monoisotopic (exact) mass is 170 g/mol. The summed E-state index contributed by atoms with van der Waals surface area (Å²) in [6.45, 7) is 3.65. The number of methoxy groups -OCH3 is 1. The number of nitrogens with zero attached hydrogens (tertiary/aromatic N) is 1. The standard InChI is InChI=1S/C9H18N2O/c1-3-9(10)11(6-7-12-2)8-4-5-8/h8,10H,3-7H2,1-2H3. The molecule has 3 heteroatoms. The molecule has 0 aromatic rings. The summed E-state index contributed by atoms with van der Waals surface area (Å²) in [5, 5.41) is 7.71. The van der Waals surface area contributed by atoms with Gasteiger partial charge in [0.2, 0.25) is 0 Å². The van der Waals surface area contributed by atoms with E-state index in [1.165, 1.54) is 12.8 Å². The predicted molar refractivity (Wildman–Crippen MR) is 49.6 cm³/mol. The maximum atomic E-state index is 7.71. The van der Waals surface area contributed by atoms with Gasteiger partial charge in [0.15, 0.2) is 0 Å². The molecule has 0 aliphatic heterocycles. The van der Waals surface area contributed by atoms with Gasteiger partial charge in [-0.2, -0.15) is 0 Å². The van der Waals surface area contributed by atoms with Gasteiger partial charge in [-0.1, -0.05) is 6.92 Å². The fraction of sp³-hybridized carbons (Fsp3) is 0.889. The molecule has 0 amide bonds. The quantitative estimate of drug-likeness (QED) is 0.501. The summed E-state index contributed by atoms with van der Waals surface area (Å²) in [5.74, 6) is 0.759. The summed E-state index contributed by atoms with van der Waals surface area (Å²) in [6, 6.07) is 0.646. The molecule has 1 fully saturated rings. The molecule has 12 heavy (non-hydrogen) atoms. The Bertz CT molecular complexity index is 155. The van der Waals surface area contributed by atoms with Gasteiger partial charge in [-0.15, -0.1) is 0 Å². The Labute approximate surface area is 74.2 Å². The minimum absolute atomic E-state index is 0.646. The minimum atomic E-state index is 0.646. The third kappa shape index (κ3) is 2.48. The van der Waals surface area contributed by atoms with Crippen LogP contribution in [0.3, 0.4) is 0 Å². The maximum Gasteiger partial charge on any atom is 0.0958 e. The lowest BCUT2D eigenvalue weighted by Gasteiger charge is -2.23. The zero-order valence-electron chi connectivity index (χ0n) is 7.97. The minimum Gasteiger partial charge on any atom is -0.383 e. The molecule has 0 bridgehead atoms. The second kappa shape index (κ2) is 4.45. The Morgan fingerprint density at radius 1 is 1.58 bits per heavy atom. The zero-order valence-corrected chi connectivity index (χ0v) is 7.97. The summed E-state index contributed by atoms with van der Waals surface area (Å²) in [5.41, 5.74) is 0. The lowest BCUT2D eigenvalue weighted by atomic mass is 10.3. The molecule has 1 rings (SSSR count). The molecular formula is C9H18N2O. The van der Waals surface area contributed by atoms with Crippen molar-refractivity contribution in [3.63, 3.8) is 0 Å². The van der Waals surface area contributed by atoms with Crippen LogP contribution in [0.25, 0.3) is 0 Å². The fourth-order valence-corrected chi connectivity index (χ4v) is 1.32. The first-order valence-electron chi connectivity index (χ1n) is 4.62. The Morgan fingerprint density at radius 2 is 2.25 bits per heavy atom. The second-order valence-corrected chi connectivity index (χ2v) is 3.22. The molecule has 1 aliphatic rings. The van der Waals surface area contributed by atoms with E-state index in [9.17, 15) is 0 Å². The zero-order chi connectivity index (χ0) is 8.97. The SMILES string of the molecule is CCC(=N)N(CCOC)C1CC1. The number of ether oxygens (including phenoxy) is 1. The first-order chi connectivity index (χ1) is 5.79. The van der Waals surface area contributed by atoms with Crippen LogP contribution in [-0.2, 0) is 4.74 Å². The molecule has 1 aliphatic carbocycles. The summed E-state index contributed by atoms with van der Waals surface area (Å²) in [4.78, 5) is 2.17. The van der Waals surface area contributed by atoms with Crippen LogP contribution in [-0.4, -0.2) is 37.0 Å². The number of amidine groups is 1. The van der Waals surface area contributed by atoms with Crippen LogP contribution < -0.4 is 0 Å². The van der Waals surface area contributed by atoms with Crippen LogP contribution in [0, 0.1) is 5.41 Å².